The smallest absolute Gasteiger partial charge is 0.245 e. The van der Waals surface area contributed by atoms with Gasteiger partial charge < -0.3 is 66.0 Å². The SMILES string of the molecule is C/C=C/C[C@@H](C)[C@@H](O)[C@@H]1NC(=O)[C@H](C(C)C)N(C)C(=O)[C@H](CC(C)C)N(C)C(=O)[C@H](CC(C)C)N(C)C(=O)[C@@H](C)NC(=O)[C@H](C)NC(=O)[C@H](CC(C)C)N(C)C(=O)[C@H](C(C)C)NC(=O)[C@H]([C@H](C)CN2CCC(C#N)CC2)N(C)C(=O)CN(C)C(=O)[C@H](CC)NC1=O. The third-order valence-corrected chi connectivity index (χ3v) is 17.7. The number of carbonyl (C=O) groups is 11. The lowest BCUT2D eigenvalue weighted by Gasteiger charge is -2.40. The lowest BCUT2D eigenvalue weighted by molar-refractivity contribution is -0.154. The molecule has 0 aromatic rings. The molecule has 0 aromatic heterocycles. The van der Waals surface area contributed by atoms with Gasteiger partial charge in [0, 0.05) is 54.7 Å². The molecule has 0 aromatic carbocycles. The van der Waals surface area contributed by atoms with E-state index in [0.29, 0.717) is 38.9 Å². The van der Waals surface area contributed by atoms with Crippen LogP contribution in [-0.4, -0.2) is 239 Å². The van der Waals surface area contributed by atoms with E-state index in [1.54, 1.807) is 67.5 Å². The van der Waals surface area contributed by atoms with Crippen LogP contribution in [0.25, 0.3) is 0 Å². The molecule has 91 heavy (non-hydrogen) atoms. The van der Waals surface area contributed by atoms with Gasteiger partial charge in [0.15, 0.2) is 0 Å². The normalized spacial score (nSPS) is 27.4. The number of carbonyl (C=O) groups excluding carboxylic acids is 11. The Labute approximate surface area is 543 Å². The maximum atomic E-state index is 15.1. The van der Waals surface area contributed by atoms with E-state index in [2.05, 4.69) is 37.6 Å². The van der Waals surface area contributed by atoms with Gasteiger partial charge in [-0.2, -0.15) is 5.26 Å². The van der Waals surface area contributed by atoms with Crippen molar-refractivity contribution in [2.24, 2.45) is 47.3 Å². The van der Waals surface area contributed by atoms with Crippen LogP contribution in [0.15, 0.2) is 12.2 Å². The van der Waals surface area contributed by atoms with Crippen molar-refractivity contribution in [2.45, 2.75) is 222 Å². The molecule has 0 saturated carbocycles. The van der Waals surface area contributed by atoms with Gasteiger partial charge in [0.1, 0.15) is 60.4 Å². The number of piperidine rings is 1. The molecule has 0 spiro atoms. The Morgan fingerprint density at radius 3 is 1.49 bits per heavy atom. The molecule has 0 aliphatic carbocycles. The van der Waals surface area contributed by atoms with Crippen molar-refractivity contribution in [1.82, 2.24) is 60.9 Å². The number of amides is 11. The molecule has 2 saturated heterocycles. The summed E-state index contributed by atoms with van der Waals surface area (Å²) in [5.41, 5.74) is 0. The average Bonchev–Trinajstić information content (AvgIpc) is 0.928. The van der Waals surface area contributed by atoms with Gasteiger partial charge in [-0.3, -0.25) is 52.7 Å². The molecule has 2 heterocycles. The minimum atomic E-state index is -1.68. The molecule has 2 fully saturated rings. The van der Waals surface area contributed by atoms with Crippen LogP contribution in [0.4, 0.5) is 0 Å². The van der Waals surface area contributed by atoms with E-state index < -0.39 is 162 Å². The van der Waals surface area contributed by atoms with Gasteiger partial charge in [0.25, 0.3) is 0 Å². The fourth-order valence-electron chi connectivity index (χ4n) is 12.0. The van der Waals surface area contributed by atoms with Crippen molar-refractivity contribution in [3.63, 3.8) is 0 Å². The van der Waals surface area contributed by atoms with E-state index in [-0.39, 0.29) is 49.4 Å². The highest BCUT2D eigenvalue weighted by Crippen LogP contribution is 2.25. The largest absolute Gasteiger partial charge is 0.390 e. The summed E-state index contributed by atoms with van der Waals surface area (Å²) in [6, 6.07) is -10.4. The zero-order valence-corrected chi connectivity index (χ0v) is 58.9. The molecule has 2 rings (SSSR count). The molecular formula is C66H115N13O12. The van der Waals surface area contributed by atoms with Crippen molar-refractivity contribution in [3.05, 3.63) is 12.2 Å². The van der Waals surface area contributed by atoms with Crippen LogP contribution >= 0.6 is 0 Å². The lowest BCUT2D eigenvalue weighted by atomic mass is 9.92. The maximum absolute atomic E-state index is 15.1. The Morgan fingerprint density at radius 1 is 0.538 bits per heavy atom. The number of hydrogen-bond donors (Lipinski definition) is 6. The molecule has 2 aliphatic rings. The molecule has 0 unspecified atom stereocenters. The molecule has 11 amide bonds. The van der Waals surface area contributed by atoms with E-state index in [4.69, 9.17) is 0 Å². The Kier molecular flexibility index (Phi) is 32.8. The predicted molar refractivity (Wildman–Crippen MR) is 348 cm³/mol. The van der Waals surface area contributed by atoms with Crippen molar-refractivity contribution in [2.75, 3.05) is 68.5 Å². The zero-order valence-electron chi connectivity index (χ0n) is 58.9. The van der Waals surface area contributed by atoms with Crippen LogP contribution in [0, 0.1) is 58.7 Å². The minimum Gasteiger partial charge on any atom is -0.390 e. The van der Waals surface area contributed by atoms with Crippen molar-refractivity contribution >= 4 is 65.0 Å². The lowest BCUT2D eigenvalue weighted by Crippen LogP contribution is -2.63. The number of nitrogens with one attached hydrogen (secondary N) is 5. The Morgan fingerprint density at radius 2 is 1.01 bits per heavy atom. The quantitative estimate of drug-likeness (QED) is 0.121. The van der Waals surface area contributed by atoms with Crippen LogP contribution in [0.1, 0.15) is 156 Å². The highest BCUT2D eigenvalue weighted by atomic mass is 16.3. The van der Waals surface area contributed by atoms with Crippen molar-refractivity contribution in [3.8, 4) is 6.07 Å². The number of nitriles is 1. The van der Waals surface area contributed by atoms with Gasteiger partial charge in [-0.1, -0.05) is 102 Å². The van der Waals surface area contributed by atoms with Crippen LogP contribution in [0.2, 0.25) is 0 Å². The van der Waals surface area contributed by atoms with Crippen LogP contribution < -0.4 is 26.6 Å². The van der Waals surface area contributed by atoms with E-state index in [0.717, 1.165) is 4.90 Å². The van der Waals surface area contributed by atoms with Gasteiger partial charge >= 0.3 is 0 Å². The van der Waals surface area contributed by atoms with Gasteiger partial charge in [0.2, 0.25) is 65.0 Å². The summed E-state index contributed by atoms with van der Waals surface area (Å²) in [6.45, 7) is 28.7. The summed E-state index contributed by atoms with van der Waals surface area (Å²) in [6.07, 6.45) is 3.95. The summed E-state index contributed by atoms with van der Waals surface area (Å²) in [7, 11) is 8.53. The first-order chi connectivity index (χ1) is 42.3. The van der Waals surface area contributed by atoms with Crippen LogP contribution in [-0.2, 0) is 52.7 Å². The molecule has 0 radical (unpaired) electrons. The monoisotopic (exact) mass is 1280 g/mol. The number of likely N-dealkylation sites (N-methyl/N-ethyl adjacent to an activating group) is 6. The Balaban J connectivity index is 2.98. The standard InChI is InChI=1S/C66H115N13O12/c1-23-25-26-42(13)56(81)53-59(84)70-47(24-2)63(88)73(17)36-51(80)77(21)55(43(14)35-79-29-27-46(34-67)28-30-79)61(86)71-52(40(9)10)66(91)74(18)48(31-37(3)4)58(83)68-44(15)57(82)69-45(16)62(87)75(19)49(32-38(5)6)64(89)76(20)50(33-39(7)8)65(90)78(22)54(41(11)12)60(85)72-53/h23,25,37-50,52-56,81H,24,26-33,35-36H2,1-22H3,(H,68,83)(H,69,82)(H,70,84)(H,71,86)(H,72,85)/b25-23+/t42-,43-,44+,45-,47+,48+,49+,50+,52+,53+,54+,55+,56-/m1/s1. The fourth-order valence-corrected chi connectivity index (χ4v) is 12.0. The molecule has 6 N–H and O–H groups in total. The first-order valence-electron chi connectivity index (χ1n) is 32.8. The molecule has 516 valence electrons. The molecule has 0 bridgehead atoms. The fraction of sp³-hybridized carbons (Fsp3) is 0.788. The van der Waals surface area contributed by atoms with Gasteiger partial charge in [0.05, 0.1) is 18.7 Å². The van der Waals surface area contributed by atoms with E-state index >= 15 is 9.59 Å². The maximum Gasteiger partial charge on any atom is 0.245 e. The Bertz CT molecular complexity index is 2560. The number of allylic oxidation sites excluding steroid dienone is 2. The average molecular weight is 1280 g/mol. The van der Waals surface area contributed by atoms with E-state index in [9.17, 15) is 53.5 Å². The number of hydrogen-bond acceptors (Lipinski definition) is 14. The molecular weight excluding hydrogens is 1170 g/mol. The van der Waals surface area contributed by atoms with Crippen LogP contribution in [0.3, 0.4) is 0 Å². The van der Waals surface area contributed by atoms with Crippen LogP contribution in [0.5, 0.6) is 0 Å². The number of rotatable bonds is 16. The number of nitrogens with zero attached hydrogens (tertiary/aromatic N) is 8. The number of likely N-dealkylation sites (tertiary alicyclic amines) is 1. The first kappa shape index (κ1) is 80.4. The van der Waals surface area contributed by atoms with Gasteiger partial charge in [-0.25, -0.2) is 0 Å². The Hall–Kier alpha value is -6.68. The first-order valence-corrected chi connectivity index (χ1v) is 32.8. The highest BCUT2D eigenvalue weighted by molar-refractivity contribution is 5.99. The van der Waals surface area contributed by atoms with E-state index in [1.807, 2.05) is 41.5 Å². The van der Waals surface area contributed by atoms with E-state index in [1.165, 1.54) is 80.6 Å². The zero-order chi connectivity index (χ0) is 69.8. The third kappa shape index (κ3) is 22.8. The summed E-state index contributed by atoms with van der Waals surface area (Å²) in [4.78, 5) is 171. The molecule has 25 heteroatoms. The topological polar surface area (TPSA) is 315 Å². The number of aliphatic hydroxyl groups excluding tert-OH is 1. The van der Waals surface area contributed by atoms with Gasteiger partial charge in [-0.05, 0) is 120 Å². The predicted octanol–water partition coefficient (Wildman–Crippen LogP) is 2.75. The highest BCUT2D eigenvalue weighted by Gasteiger charge is 2.45. The second kappa shape index (κ2) is 37.1. The van der Waals surface area contributed by atoms with Crippen molar-refractivity contribution < 1.29 is 57.8 Å². The minimum absolute atomic E-state index is 0.00246. The number of aliphatic hydroxyl groups is 1. The second-order valence-corrected chi connectivity index (χ2v) is 27.7. The van der Waals surface area contributed by atoms with Crippen molar-refractivity contribution in [1.29, 1.82) is 5.26 Å². The third-order valence-electron chi connectivity index (χ3n) is 17.7. The summed E-state index contributed by atoms with van der Waals surface area (Å²) >= 11 is 0. The molecule has 25 nitrogen and oxygen atoms in total. The summed E-state index contributed by atoms with van der Waals surface area (Å²) in [5, 5.41) is 35.4. The summed E-state index contributed by atoms with van der Waals surface area (Å²) < 4.78 is 0. The molecule has 13 atom stereocenters. The van der Waals surface area contributed by atoms with Gasteiger partial charge in [-0.15, -0.1) is 0 Å². The summed E-state index contributed by atoms with van der Waals surface area (Å²) in [5.74, 6) is -10.7. The molecule has 2 aliphatic heterocycles. The second-order valence-electron chi connectivity index (χ2n) is 27.7.